The van der Waals surface area contributed by atoms with Gasteiger partial charge in [-0.2, -0.15) is 0 Å². The molecule has 0 saturated carbocycles. The molecule has 0 aliphatic carbocycles. The first-order chi connectivity index (χ1) is 10.6. The van der Waals surface area contributed by atoms with Crippen LogP contribution in [0.25, 0.3) is 6.08 Å². The van der Waals surface area contributed by atoms with Crippen LogP contribution in [0, 0.1) is 5.82 Å². The molecule has 0 radical (unpaired) electrons. The SMILES string of the molecule is COc1ccccc1C=CC(=O)N(C)Cc1ccccc1F. The third-order valence-corrected chi connectivity index (χ3v) is 3.29. The molecule has 0 saturated heterocycles. The van der Waals surface area contributed by atoms with Crippen LogP contribution in [0.15, 0.2) is 54.6 Å². The van der Waals surface area contributed by atoms with Crippen LogP contribution in [-0.4, -0.2) is 25.0 Å². The zero-order chi connectivity index (χ0) is 15.9. The Bertz CT molecular complexity index is 682. The lowest BCUT2D eigenvalue weighted by Crippen LogP contribution is -2.24. The van der Waals surface area contributed by atoms with Gasteiger partial charge >= 0.3 is 0 Å². The maximum Gasteiger partial charge on any atom is 0.246 e. The second-order valence-electron chi connectivity index (χ2n) is 4.86. The fourth-order valence-electron chi connectivity index (χ4n) is 2.05. The Morgan fingerprint density at radius 1 is 1.18 bits per heavy atom. The number of amides is 1. The second-order valence-corrected chi connectivity index (χ2v) is 4.86. The Balaban J connectivity index is 2.05. The molecular weight excluding hydrogens is 281 g/mol. The number of hydrogen-bond donors (Lipinski definition) is 0. The number of methoxy groups -OCH3 is 1. The molecule has 0 fully saturated rings. The summed E-state index contributed by atoms with van der Waals surface area (Å²) in [5, 5.41) is 0. The van der Waals surface area contributed by atoms with Crippen molar-refractivity contribution in [2.24, 2.45) is 0 Å². The molecule has 0 aliphatic heterocycles. The molecule has 0 aliphatic rings. The van der Waals surface area contributed by atoms with Crippen LogP contribution >= 0.6 is 0 Å². The van der Waals surface area contributed by atoms with Crippen molar-refractivity contribution >= 4 is 12.0 Å². The Kier molecular flexibility index (Phi) is 5.31. The van der Waals surface area contributed by atoms with Crippen molar-refractivity contribution in [2.75, 3.05) is 14.2 Å². The zero-order valence-electron chi connectivity index (χ0n) is 12.6. The number of halogens is 1. The largest absolute Gasteiger partial charge is 0.496 e. The van der Waals surface area contributed by atoms with E-state index in [4.69, 9.17) is 4.74 Å². The van der Waals surface area contributed by atoms with Crippen molar-refractivity contribution in [2.45, 2.75) is 6.54 Å². The molecule has 1 amide bonds. The average molecular weight is 299 g/mol. The van der Waals surface area contributed by atoms with E-state index in [2.05, 4.69) is 0 Å². The third kappa shape index (κ3) is 3.95. The van der Waals surface area contributed by atoms with Gasteiger partial charge in [-0.15, -0.1) is 0 Å². The molecule has 3 nitrogen and oxygen atoms in total. The number of carbonyl (C=O) groups is 1. The van der Waals surface area contributed by atoms with E-state index in [0.29, 0.717) is 11.3 Å². The summed E-state index contributed by atoms with van der Waals surface area (Å²) in [5.41, 5.74) is 1.31. The van der Waals surface area contributed by atoms with Gasteiger partial charge in [0.15, 0.2) is 0 Å². The highest BCUT2D eigenvalue weighted by atomic mass is 19.1. The van der Waals surface area contributed by atoms with E-state index in [9.17, 15) is 9.18 Å². The van der Waals surface area contributed by atoms with E-state index in [1.165, 1.54) is 17.0 Å². The summed E-state index contributed by atoms with van der Waals surface area (Å²) in [4.78, 5) is 13.6. The van der Waals surface area contributed by atoms with Crippen LogP contribution in [0.3, 0.4) is 0 Å². The summed E-state index contributed by atoms with van der Waals surface area (Å²) in [7, 11) is 3.22. The van der Waals surface area contributed by atoms with Crippen LogP contribution in [0.2, 0.25) is 0 Å². The third-order valence-electron chi connectivity index (χ3n) is 3.29. The first-order valence-electron chi connectivity index (χ1n) is 6.91. The van der Waals surface area contributed by atoms with Crippen molar-refractivity contribution in [1.29, 1.82) is 0 Å². The molecule has 0 bridgehead atoms. The van der Waals surface area contributed by atoms with Gasteiger partial charge in [-0.1, -0.05) is 36.4 Å². The predicted molar refractivity (Wildman–Crippen MR) is 84.9 cm³/mol. The number of hydrogen-bond acceptors (Lipinski definition) is 2. The number of benzene rings is 2. The van der Waals surface area contributed by atoms with E-state index in [-0.39, 0.29) is 18.3 Å². The van der Waals surface area contributed by atoms with Gasteiger partial charge < -0.3 is 9.64 Å². The number of carbonyl (C=O) groups excluding carboxylic acids is 1. The van der Waals surface area contributed by atoms with Gasteiger partial charge in [-0.05, 0) is 18.2 Å². The van der Waals surface area contributed by atoms with Crippen molar-refractivity contribution < 1.29 is 13.9 Å². The monoisotopic (exact) mass is 299 g/mol. The maximum atomic E-state index is 13.6. The molecule has 2 aromatic carbocycles. The first kappa shape index (κ1) is 15.8. The summed E-state index contributed by atoms with van der Waals surface area (Å²) in [6, 6.07) is 13.9. The van der Waals surface area contributed by atoms with Gasteiger partial charge in [0.2, 0.25) is 5.91 Å². The van der Waals surface area contributed by atoms with Crippen LogP contribution in [-0.2, 0) is 11.3 Å². The highest BCUT2D eigenvalue weighted by Gasteiger charge is 2.09. The van der Waals surface area contributed by atoms with E-state index in [0.717, 1.165) is 5.56 Å². The van der Waals surface area contributed by atoms with E-state index < -0.39 is 0 Å². The molecule has 2 aromatic rings. The highest BCUT2D eigenvalue weighted by Crippen LogP contribution is 2.18. The molecule has 114 valence electrons. The number of nitrogens with zero attached hydrogens (tertiary/aromatic N) is 1. The molecule has 0 heterocycles. The molecular formula is C18H18FNO2. The molecule has 2 rings (SSSR count). The lowest BCUT2D eigenvalue weighted by Gasteiger charge is -2.15. The van der Waals surface area contributed by atoms with Crippen molar-refractivity contribution in [3.63, 3.8) is 0 Å². The average Bonchev–Trinajstić information content (AvgIpc) is 2.54. The molecule has 0 atom stereocenters. The summed E-state index contributed by atoms with van der Waals surface area (Å²) < 4.78 is 18.8. The van der Waals surface area contributed by atoms with E-state index in [1.807, 2.05) is 24.3 Å². The molecule has 22 heavy (non-hydrogen) atoms. The fraction of sp³-hybridized carbons (Fsp3) is 0.167. The van der Waals surface area contributed by atoms with Gasteiger partial charge in [-0.25, -0.2) is 4.39 Å². The second kappa shape index (κ2) is 7.41. The Labute approximate surface area is 129 Å². The Morgan fingerprint density at radius 3 is 2.59 bits per heavy atom. The molecule has 4 heteroatoms. The summed E-state index contributed by atoms with van der Waals surface area (Å²) >= 11 is 0. The van der Waals surface area contributed by atoms with E-state index in [1.54, 1.807) is 38.4 Å². The van der Waals surface area contributed by atoms with Crippen LogP contribution in [0.4, 0.5) is 4.39 Å². The van der Waals surface area contributed by atoms with Crippen molar-refractivity contribution in [3.05, 3.63) is 71.6 Å². The van der Waals surface area contributed by atoms with Gasteiger partial charge in [0.05, 0.1) is 7.11 Å². The molecule has 0 N–H and O–H groups in total. The Hall–Kier alpha value is -2.62. The highest BCUT2D eigenvalue weighted by molar-refractivity contribution is 5.92. The smallest absolute Gasteiger partial charge is 0.246 e. The molecule has 0 unspecified atom stereocenters. The van der Waals surface area contributed by atoms with Crippen molar-refractivity contribution in [3.8, 4) is 5.75 Å². The van der Waals surface area contributed by atoms with Gasteiger partial charge in [-0.3, -0.25) is 4.79 Å². The van der Waals surface area contributed by atoms with Crippen LogP contribution in [0.5, 0.6) is 5.75 Å². The zero-order valence-corrected chi connectivity index (χ0v) is 12.6. The minimum Gasteiger partial charge on any atom is -0.496 e. The topological polar surface area (TPSA) is 29.5 Å². The molecule has 0 aromatic heterocycles. The Morgan fingerprint density at radius 2 is 1.86 bits per heavy atom. The minimum atomic E-state index is -0.309. The number of likely N-dealkylation sites (N-methyl/N-ethyl adjacent to an activating group) is 1. The lowest BCUT2D eigenvalue weighted by molar-refractivity contribution is -0.125. The predicted octanol–water partition coefficient (Wildman–Crippen LogP) is 3.51. The lowest BCUT2D eigenvalue weighted by atomic mass is 10.1. The molecule has 0 spiro atoms. The van der Waals surface area contributed by atoms with Crippen LogP contribution in [0.1, 0.15) is 11.1 Å². The maximum absolute atomic E-state index is 13.6. The minimum absolute atomic E-state index is 0.200. The number of para-hydroxylation sites is 1. The van der Waals surface area contributed by atoms with E-state index >= 15 is 0 Å². The van der Waals surface area contributed by atoms with Gasteiger partial charge in [0.1, 0.15) is 11.6 Å². The van der Waals surface area contributed by atoms with Gasteiger partial charge in [0.25, 0.3) is 0 Å². The normalized spacial score (nSPS) is 10.7. The van der Waals surface area contributed by atoms with Gasteiger partial charge in [0, 0.05) is 30.8 Å². The standard InChI is InChI=1S/C18H18FNO2/c1-20(13-15-8-3-5-9-16(15)19)18(21)12-11-14-7-4-6-10-17(14)22-2/h3-12H,13H2,1-2H3. The first-order valence-corrected chi connectivity index (χ1v) is 6.91. The quantitative estimate of drug-likeness (QED) is 0.791. The summed E-state index contributed by atoms with van der Waals surface area (Å²) in [5.74, 6) is 0.188. The summed E-state index contributed by atoms with van der Waals surface area (Å²) in [6.45, 7) is 0.224. The summed E-state index contributed by atoms with van der Waals surface area (Å²) in [6.07, 6.45) is 3.15. The van der Waals surface area contributed by atoms with Crippen LogP contribution < -0.4 is 4.74 Å². The number of ether oxygens (including phenoxy) is 1. The fourth-order valence-corrected chi connectivity index (χ4v) is 2.05. The number of rotatable bonds is 5. The van der Waals surface area contributed by atoms with Crippen molar-refractivity contribution in [1.82, 2.24) is 4.90 Å².